The van der Waals surface area contributed by atoms with E-state index in [0.717, 1.165) is 32.4 Å². The van der Waals surface area contributed by atoms with Gasteiger partial charge in [-0.2, -0.15) is 0 Å². The van der Waals surface area contributed by atoms with Crippen LogP contribution in [0.15, 0.2) is 12.3 Å². The lowest BCUT2D eigenvalue weighted by atomic mass is 10.3. The molecule has 0 atom stereocenters. The van der Waals surface area contributed by atoms with E-state index in [1.807, 2.05) is 4.90 Å². The molecule has 0 bridgehead atoms. The van der Waals surface area contributed by atoms with Gasteiger partial charge in [0.1, 0.15) is 11.6 Å². The second kappa shape index (κ2) is 4.24. The fourth-order valence-corrected chi connectivity index (χ4v) is 1.62. The Bertz CT molecular complexity index is 393. The molecule has 5 heteroatoms. The number of halogens is 1. The van der Waals surface area contributed by atoms with Gasteiger partial charge < -0.3 is 10.2 Å². The molecule has 0 aromatic carbocycles. The van der Waals surface area contributed by atoms with Crippen molar-refractivity contribution >= 4 is 11.5 Å². The van der Waals surface area contributed by atoms with Crippen LogP contribution in [0.4, 0.5) is 15.9 Å². The van der Waals surface area contributed by atoms with Crippen LogP contribution in [0.25, 0.3) is 4.85 Å². The van der Waals surface area contributed by atoms with Crippen molar-refractivity contribution in [2.45, 2.75) is 0 Å². The Morgan fingerprint density at radius 1 is 1.47 bits per heavy atom. The largest absolute Gasteiger partial charge is 0.363 e. The molecule has 1 saturated heterocycles. The van der Waals surface area contributed by atoms with E-state index in [2.05, 4.69) is 15.1 Å². The second-order valence-electron chi connectivity index (χ2n) is 3.35. The summed E-state index contributed by atoms with van der Waals surface area (Å²) in [6.45, 7) is 10.3. The van der Waals surface area contributed by atoms with Gasteiger partial charge in [0.25, 0.3) is 0 Å². The molecule has 0 aliphatic carbocycles. The van der Waals surface area contributed by atoms with Gasteiger partial charge in [-0.1, -0.05) is 0 Å². The molecule has 1 fully saturated rings. The summed E-state index contributed by atoms with van der Waals surface area (Å²) in [4.78, 5) is 9.28. The fraction of sp³-hybridized carbons (Fsp3) is 0.400. The molecule has 1 aliphatic heterocycles. The van der Waals surface area contributed by atoms with E-state index in [0.29, 0.717) is 5.82 Å². The highest BCUT2D eigenvalue weighted by Crippen LogP contribution is 2.26. The third-order valence-corrected chi connectivity index (χ3v) is 2.35. The second-order valence-corrected chi connectivity index (χ2v) is 3.35. The lowest BCUT2D eigenvalue weighted by Gasteiger charge is -2.29. The predicted octanol–water partition coefficient (Wildman–Crippen LogP) is 1.18. The van der Waals surface area contributed by atoms with Crippen molar-refractivity contribution in [3.63, 3.8) is 0 Å². The van der Waals surface area contributed by atoms with Gasteiger partial charge in [0.05, 0.1) is 12.8 Å². The van der Waals surface area contributed by atoms with Gasteiger partial charge in [-0.3, -0.25) is 0 Å². The Kier molecular flexibility index (Phi) is 2.79. The van der Waals surface area contributed by atoms with E-state index in [1.54, 1.807) is 0 Å². The summed E-state index contributed by atoms with van der Waals surface area (Å²) in [5.74, 6) is 0.132. The minimum absolute atomic E-state index is 0.289. The molecule has 0 amide bonds. The van der Waals surface area contributed by atoms with Gasteiger partial charge in [0.2, 0.25) is 5.69 Å². The maximum atomic E-state index is 12.9. The molecule has 1 aliphatic rings. The SMILES string of the molecule is [C-]#[N+]c1cc(F)cnc1N1CCNCC1. The molecule has 1 aromatic rings. The smallest absolute Gasteiger partial charge is 0.231 e. The average molecular weight is 206 g/mol. The van der Waals surface area contributed by atoms with Crippen molar-refractivity contribution in [2.24, 2.45) is 0 Å². The Labute approximate surface area is 87.5 Å². The standard InChI is InChI=1S/C10H11FN4/c1-12-9-6-8(11)7-14-10(9)15-4-2-13-3-5-15/h6-7,13H,2-5H2. The molecule has 15 heavy (non-hydrogen) atoms. The van der Waals surface area contributed by atoms with Crippen LogP contribution in [0, 0.1) is 12.4 Å². The van der Waals surface area contributed by atoms with Crippen LogP contribution in [-0.2, 0) is 0 Å². The molecule has 0 unspecified atom stereocenters. The third-order valence-electron chi connectivity index (χ3n) is 2.35. The fourth-order valence-electron chi connectivity index (χ4n) is 1.62. The van der Waals surface area contributed by atoms with E-state index in [4.69, 9.17) is 6.57 Å². The number of aromatic nitrogens is 1. The van der Waals surface area contributed by atoms with Crippen LogP contribution in [0.2, 0.25) is 0 Å². The van der Waals surface area contributed by atoms with Gasteiger partial charge in [-0.25, -0.2) is 14.2 Å². The van der Waals surface area contributed by atoms with Gasteiger partial charge in [-0.15, -0.1) is 0 Å². The van der Waals surface area contributed by atoms with Crippen LogP contribution in [0.1, 0.15) is 0 Å². The summed E-state index contributed by atoms with van der Waals surface area (Å²) in [5, 5.41) is 3.21. The Hall–Kier alpha value is -1.67. The molecule has 0 spiro atoms. The summed E-state index contributed by atoms with van der Waals surface area (Å²) in [7, 11) is 0. The Balaban J connectivity index is 2.30. The maximum Gasteiger partial charge on any atom is 0.231 e. The van der Waals surface area contributed by atoms with Gasteiger partial charge >= 0.3 is 0 Å². The lowest BCUT2D eigenvalue weighted by molar-refractivity contribution is 0.582. The number of nitrogens with zero attached hydrogens (tertiary/aromatic N) is 3. The van der Waals surface area contributed by atoms with Crippen molar-refractivity contribution in [3.8, 4) is 0 Å². The Morgan fingerprint density at radius 3 is 2.87 bits per heavy atom. The monoisotopic (exact) mass is 206 g/mol. The van der Waals surface area contributed by atoms with E-state index in [1.165, 1.54) is 6.07 Å². The summed E-state index contributed by atoms with van der Waals surface area (Å²) in [6, 6.07) is 1.23. The summed E-state index contributed by atoms with van der Waals surface area (Å²) in [6.07, 6.45) is 1.16. The van der Waals surface area contributed by atoms with Crippen molar-refractivity contribution in [3.05, 3.63) is 29.5 Å². The number of rotatable bonds is 1. The third kappa shape index (κ3) is 2.05. The molecule has 1 N–H and O–H groups in total. The number of hydrogen-bond acceptors (Lipinski definition) is 3. The van der Waals surface area contributed by atoms with E-state index < -0.39 is 5.82 Å². The molecule has 1 aromatic heterocycles. The minimum Gasteiger partial charge on any atom is -0.363 e. The zero-order valence-corrected chi connectivity index (χ0v) is 8.20. The number of hydrogen-bond donors (Lipinski definition) is 1. The molecule has 4 nitrogen and oxygen atoms in total. The quantitative estimate of drug-likeness (QED) is 0.700. The molecule has 78 valence electrons. The summed E-state index contributed by atoms with van der Waals surface area (Å²) in [5.41, 5.74) is 0.289. The highest BCUT2D eigenvalue weighted by Gasteiger charge is 2.15. The maximum absolute atomic E-state index is 12.9. The first-order chi connectivity index (χ1) is 7.31. The van der Waals surface area contributed by atoms with Crippen molar-refractivity contribution < 1.29 is 4.39 Å². The zero-order valence-electron chi connectivity index (χ0n) is 8.20. The average Bonchev–Trinajstić information content (AvgIpc) is 2.30. The minimum atomic E-state index is -0.458. The van der Waals surface area contributed by atoms with Crippen LogP contribution >= 0.6 is 0 Å². The van der Waals surface area contributed by atoms with E-state index >= 15 is 0 Å². The van der Waals surface area contributed by atoms with E-state index in [-0.39, 0.29) is 5.69 Å². The lowest BCUT2D eigenvalue weighted by Crippen LogP contribution is -2.43. The first-order valence-electron chi connectivity index (χ1n) is 4.80. The molecule has 2 heterocycles. The number of nitrogens with one attached hydrogen (secondary N) is 1. The van der Waals surface area contributed by atoms with Crippen LogP contribution in [-0.4, -0.2) is 31.2 Å². The molecular weight excluding hydrogens is 195 g/mol. The zero-order chi connectivity index (χ0) is 10.7. The highest BCUT2D eigenvalue weighted by molar-refractivity contribution is 5.66. The van der Waals surface area contributed by atoms with Gasteiger partial charge in [-0.05, 0) is 6.07 Å². The Morgan fingerprint density at radius 2 is 2.20 bits per heavy atom. The topological polar surface area (TPSA) is 32.5 Å². The van der Waals surface area contributed by atoms with Crippen LogP contribution in [0.5, 0.6) is 0 Å². The summed E-state index contributed by atoms with van der Waals surface area (Å²) < 4.78 is 12.9. The predicted molar refractivity (Wildman–Crippen MR) is 55.5 cm³/mol. The van der Waals surface area contributed by atoms with Crippen molar-refractivity contribution in [1.29, 1.82) is 0 Å². The van der Waals surface area contributed by atoms with Crippen LogP contribution in [0.3, 0.4) is 0 Å². The van der Waals surface area contributed by atoms with Gasteiger partial charge in [0, 0.05) is 26.2 Å². The molecular formula is C10H11FN4. The first-order valence-corrected chi connectivity index (χ1v) is 4.80. The van der Waals surface area contributed by atoms with Crippen molar-refractivity contribution in [1.82, 2.24) is 10.3 Å². The van der Waals surface area contributed by atoms with Gasteiger partial charge in [0.15, 0.2) is 0 Å². The number of pyridine rings is 1. The summed E-state index contributed by atoms with van der Waals surface area (Å²) >= 11 is 0. The number of piperazine rings is 1. The first kappa shape index (κ1) is 9.87. The number of anilines is 1. The molecule has 0 radical (unpaired) electrons. The normalized spacial score (nSPS) is 16.1. The van der Waals surface area contributed by atoms with E-state index in [9.17, 15) is 4.39 Å². The molecule has 0 saturated carbocycles. The van der Waals surface area contributed by atoms with Crippen LogP contribution < -0.4 is 10.2 Å². The van der Waals surface area contributed by atoms with Crippen molar-refractivity contribution in [2.75, 3.05) is 31.1 Å². The highest BCUT2D eigenvalue weighted by atomic mass is 19.1. The molecule has 2 rings (SSSR count).